The number of Topliss-reactive ketones (excluding diaryl/α,β-unsaturated/α-hetero) is 2. The number of carbonyl (C=O) groups excluding carboxylic acids is 2. The van der Waals surface area contributed by atoms with Crippen molar-refractivity contribution in [1.82, 2.24) is 0 Å². The predicted molar refractivity (Wildman–Crippen MR) is 21.8 cm³/mol. The highest BCUT2D eigenvalue weighted by Crippen LogP contribution is 2.19. The quantitative estimate of drug-likeness (QED) is 0.289. The summed E-state index contributed by atoms with van der Waals surface area (Å²) >= 11 is 0. The highest BCUT2D eigenvalue weighted by molar-refractivity contribution is 6.46. The van der Waals surface area contributed by atoms with Crippen LogP contribution < -0.4 is 0 Å². The van der Waals surface area contributed by atoms with E-state index in [0.29, 0.717) is 0 Å². The Morgan fingerprint density at radius 2 is 1.88 bits per heavy atom. The number of hydrogen-bond donors (Lipinski definition) is 2. The van der Waals surface area contributed by atoms with Crippen molar-refractivity contribution in [2.75, 3.05) is 0 Å². The number of aliphatic hydroxyl groups is 2. The van der Waals surface area contributed by atoms with Crippen LogP contribution >= 0.6 is 0 Å². The Bertz CT molecular complexity index is 157. The molecule has 44 valence electrons. The Morgan fingerprint density at radius 3 is 1.88 bits per heavy atom. The van der Waals surface area contributed by atoms with E-state index in [1.165, 1.54) is 0 Å². The lowest BCUT2D eigenvalue weighted by atomic mass is 9.88. The van der Waals surface area contributed by atoms with Crippen LogP contribution in [0.15, 0.2) is 0 Å². The van der Waals surface area contributed by atoms with Gasteiger partial charge in [-0.3, -0.25) is 9.59 Å². The fourth-order valence-corrected chi connectivity index (χ4v) is 0.501. The van der Waals surface area contributed by atoms with E-state index < -0.39 is 23.8 Å². The number of carbonyl (C=O) groups is 2. The van der Waals surface area contributed by atoms with Gasteiger partial charge in [-0.25, -0.2) is 0 Å². The van der Waals surface area contributed by atoms with Crippen molar-refractivity contribution < 1.29 is 19.8 Å². The fourth-order valence-electron chi connectivity index (χ4n) is 0.501. The second-order valence-electron chi connectivity index (χ2n) is 1.75. The number of ketones is 2. The summed E-state index contributed by atoms with van der Waals surface area (Å²) in [5, 5.41) is 16.7. The lowest BCUT2D eigenvalue weighted by molar-refractivity contribution is -0.205. The molecule has 0 spiro atoms. The molecule has 0 heterocycles. The highest BCUT2D eigenvalue weighted by Gasteiger charge is 2.50. The molecule has 0 radical (unpaired) electrons. The molecule has 0 unspecified atom stereocenters. The lowest BCUT2D eigenvalue weighted by Crippen LogP contribution is -2.55. The molecular weight excluding hydrogens is 112 g/mol. The van der Waals surface area contributed by atoms with Crippen molar-refractivity contribution in [3.63, 3.8) is 0 Å². The van der Waals surface area contributed by atoms with Gasteiger partial charge in [0.2, 0.25) is 11.6 Å². The SMILES string of the molecule is O=C1CC(O)(O)C1=O. The van der Waals surface area contributed by atoms with Crippen LogP contribution in [0.5, 0.6) is 0 Å². The Hall–Kier alpha value is -0.740. The largest absolute Gasteiger partial charge is 0.359 e. The topological polar surface area (TPSA) is 74.6 Å². The molecule has 4 heteroatoms. The first-order valence-electron chi connectivity index (χ1n) is 2.06. The zero-order valence-corrected chi connectivity index (χ0v) is 3.92. The Balaban J connectivity index is 2.75. The summed E-state index contributed by atoms with van der Waals surface area (Å²) < 4.78 is 0. The van der Waals surface area contributed by atoms with E-state index >= 15 is 0 Å². The maximum absolute atomic E-state index is 10.0. The Labute approximate surface area is 44.7 Å². The summed E-state index contributed by atoms with van der Waals surface area (Å²) in [6, 6.07) is 0. The molecule has 1 aliphatic carbocycles. The van der Waals surface area contributed by atoms with Crippen LogP contribution in [0, 0.1) is 0 Å². The minimum atomic E-state index is -2.34. The van der Waals surface area contributed by atoms with Gasteiger partial charge in [0.15, 0.2) is 0 Å². The number of rotatable bonds is 0. The van der Waals surface area contributed by atoms with Crippen LogP contribution in [0.4, 0.5) is 0 Å². The molecule has 4 nitrogen and oxygen atoms in total. The summed E-state index contributed by atoms with van der Waals surface area (Å²) in [6.45, 7) is 0. The zero-order valence-electron chi connectivity index (χ0n) is 3.92. The lowest BCUT2D eigenvalue weighted by Gasteiger charge is -2.25. The molecule has 0 atom stereocenters. The smallest absolute Gasteiger partial charge is 0.257 e. The van der Waals surface area contributed by atoms with Crippen molar-refractivity contribution in [2.45, 2.75) is 12.2 Å². The van der Waals surface area contributed by atoms with Gasteiger partial charge in [-0.05, 0) is 0 Å². The van der Waals surface area contributed by atoms with E-state index in [4.69, 9.17) is 10.2 Å². The average Bonchev–Trinajstić information content (AvgIpc) is 1.65. The summed E-state index contributed by atoms with van der Waals surface area (Å²) in [6.07, 6.45) is -0.453. The van der Waals surface area contributed by atoms with Gasteiger partial charge in [0, 0.05) is 0 Å². The molecule has 1 fully saturated rings. The van der Waals surface area contributed by atoms with Crippen LogP contribution in [0.1, 0.15) is 6.42 Å². The van der Waals surface area contributed by atoms with E-state index in [9.17, 15) is 9.59 Å². The van der Waals surface area contributed by atoms with Crippen molar-refractivity contribution in [2.24, 2.45) is 0 Å². The molecule has 0 aromatic heterocycles. The van der Waals surface area contributed by atoms with E-state index in [1.807, 2.05) is 0 Å². The summed E-state index contributed by atoms with van der Waals surface area (Å²) in [5.41, 5.74) is 0. The first-order valence-corrected chi connectivity index (χ1v) is 2.06. The molecule has 0 aliphatic heterocycles. The Morgan fingerprint density at radius 1 is 1.38 bits per heavy atom. The normalized spacial score (nSPS) is 25.2. The minimum absolute atomic E-state index is 0.453. The van der Waals surface area contributed by atoms with Gasteiger partial charge in [0.05, 0.1) is 6.42 Å². The predicted octanol–water partition coefficient (Wildman–Crippen LogP) is -1.79. The molecule has 0 aromatic carbocycles. The molecule has 0 aromatic rings. The molecule has 1 aliphatic rings. The molecular formula is C4H4O4. The second-order valence-corrected chi connectivity index (χ2v) is 1.75. The van der Waals surface area contributed by atoms with Crippen LogP contribution in [0.2, 0.25) is 0 Å². The first-order chi connectivity index (χ1) is 3.54. The second kappa shape index (κ2) is 1.15. The third-order valence-corrected chi connectivity index (χ3v) is 1.02. The van der Waals surface area contributed by atoms with Crippen LogP contribution in [0.3, 0.4) is 0 Å². The molecule has 1 saturated carbocycles. The third kappa shape index (κ3) is 0.469. The van der Waals surface area contributed by atoms with Crippen molar-refractivity contribution in [3.05, 3.63) is 0 Å². The first kappa shape index (κ1) is 5.40. The Kier molecular flexibility index (Phi) is 0.777. The van der Waals surface area contributed by atoms with Gasteiger partial charge in [-0.2, -0.15) is 0 Å². The molecule has 0 saturated heterocycles. The van der Waals surface area contributed by atoms with Crippen LogP contribution in [-0.4, -0.2) is 27.6 Å². The number of hydrogen-bond acceptors (Lipinski definition) is 4. The standard InChI is InChI=1S/C4H4O4/c5-2-1-4(7,8)3(2)6/h7-8H,1H2. The summed E-state index contributed by atoms with van der Waals surface area (Å²) in [7, 11) is 0. The minimum Gasteiger partial charge on any atom is -0.359 e. The molecule has 0 bridgehead atoms. The summed E-state index contributed by atoms with van der Waals surface area (Å²) in [4.78, 5) is 20.0. The average molecular weight is 116 g/mol. The van der Waals surface area contributed by atoms with Gasteiger partial charge >= 0.3 is 0 Å². The molecule has 0 amide bonds. The van der Waals surface area contributed by atoms with E-state index in [0.717, 1.165) is 0 Å². The van der Waals surface area contributed by atoms with E-state index in [1.54, 1.807) is 0 Å². The van der Waals surface area contributed by atoms with Crippen LogP contribution in [-0.2, 0) is 9.59 Å². The molecule has 1 rings (SSSR count). The fraction of sp³-hybridized carbons (Fsp3) is 0.500. The zero-order chi connectivity index (χ0) is 6.36. The monoisotopic (exact) mass is 116 g/mol. The van der Waals surface area contributed by atoms with Gasteiger partial charge in [-0.1, -0.05) is 0 Å². The highest BCUT2D eigenvalue weighted by atomic mass is 16.5. The van der Waals surface area contributed by atoms with E-state index in [2.05, 4.69) is 0 Å². The van der Waals surface area contributed by atoms with Gasteiger partial charge in [0.25, 0.3) is 5.78 Å². The molecule has 2 N–H and O–H groups in total. The third-order valence-electron chi connectivity index (χ3n) is 1.02. The molecule has 8 heavy (non-hydrogen) atoms. The van der Waals surface area contributed by atoms with Crippen molar-refractivity contribution >= 4 is 11.6 Å². The van der Waals surface area contributed by atoms with E-state index in [-0.39, 0.29) is 0 Å². The summed E-state index contributed by atoms with van der Waals surface area (Å²) in [5.74, 6) is -4.15. The van der Waals surface area contributed by atoms with Crippen LogP contribution in [0.25, 0.3) is 0 Å². The van der Waals surface area contributed by atoms with Crippen molar-refractivity contribution in [3.8, 4) is 0 Å². The maximum atomic E-state index is 10.0. The van der Waals surface area contributed by atoms with Gasteiger partial charge < -0.3 is 10.2 Å². The van der Waals surface area contributed by atoms with Gasteiger partial charge in [0.1, 0.15) is 0 Å². The van der Waals surface area contributed by atoms with Crippen molar-refractivity contribution in [1.29, 1.82) is 0 Å². The maximum Gasteiger partial charge on any atom is 0.257 e. The van der Waals surface area contributed by atoms with Gasteiger partial charge in [-0.15, -0.1) is 0 Å².